The standard InChI is InChI=1S/C21H23N3O2/c1-22-11-12-23(19(15-22)16-7-3-2-4-8-16)13-14-24-20(25)17-9-5-6-10-18(17)21(24)26/h2-10,19H,11-15H2,1H3. The van der Waals surface area contributed by atoms with Gasteiger partial charge in [0.1, 0.15) is 0 Å². The normalized spacial score (nSPS) is 21.3. The number of fused-ring (bicyclic) bond motifs is 1. The highest BCUT2D eigenvalue weighted by Crippen LogP contribution is 2.26. The summed E-state index contributed by atoms with van der Waals surface area (Å²) in [6.45, 7) is 4.00. The van der Waals surface area contributed by atoms with Crippen LogP contribution in [0, 0.1) is 0 Å². The molecule has 4 rings (SSSR count). The van der Waals surface area contributed by atoms with Gasteiger partial charge < -0.3 is 4.90 Å². The second kappa shape index (κ2) is 7.02. The van der Waals surface area contributed by atoms with Crippen molar-refractivity contribution < 1.29 is 9.59 Å². The van der Waals surface area contributed by atoms with Crippen molar-refractivity contribution in [2.75, 3.05) is 39.8 Å². The van der Waals surface area contributed by atoms with Gasteiger partial charge in [-0.1, -0.05) is 42.5 Å². The summed E-state index contributed by atoms with van der Waals surface area (Å²) < 4.78 is 0. The Bertz CT molecular complexity index is 786. The third-order valence-electron chi connectivity index (χ3n) is 5.37. The van der Waals surface area contributed by atoms with Crippen LogP contribution >= 0.6 is 0 Å². The molecule has 5 nitrogen and oxygen atoms in total. The largest absolute Gasteiger partial charge is 0.303 e. The Morgan fingerprint density at radius 3 is 2.12 bits per heavy atom. The predicted octanol–water partition coefficient (Wildman–Crippen LogP) is 2.27. The molecule has 0 saturated carbocycles. The maximum atomic E-state index is 12.6. The van der Waals surface area contributed by atoms with Gasteiger partial charge in [-0.05, 0) is 24.7 Å². The Morgan fingerprint density at radius 2 is 1.46 bits per heavy atom. The Kier molecular flexibility index (Phi) is 4.57. The van der Waals surface area contributed by atoms with E-state index in [1.165, 1.54) is 10.5 Å². The van der Waals surface area contributed by atoms with E-state index in [2.05, 4.69) is 41.1 Å². The lowest BCUT2D eigenvalue weighted by Crippen LogP contribution is -2.49. The first-order chi connectivity index (χ1) is 12.6. The van der Waals surface area contributed by atoms with Crippen LogP contribution in [0.15, 0.2) is 54.6 Å². The minimum absolute atomic E-state index is 0.170. The predicted molar refractivity (Wildman–Crippen MR) is 100 cm³/mol. The number of likely N-dealkylation sites (N-methyl/N-ethyl adjacent to an activating group) is 1. The van der Waals surface area contributed by atoms with Gasteiger partial charge in [-0.2, -0.15) is 0 Å². The van der Waals surface area contributed by atoms with Crippen LogP contribution in [0.5, 0.6) is 0 Å². The molecule has 0 aliphatic carbocycles. The molecule has 0 N–H and O–H groups in total. The van der Waals surface area contributed by atoms with E-state index in [1.807, 2.05) is 6.07 Å². The van der Waals surface area contributed by atoms with Gasteiger partial charge in [0.05, 0.1) is 11.1 Å². The van der Waals surface area contributed by atoms with Gasteiger partial charge in [-0.15, -0.1) is 0 Å². The van der Waals surface area contributed by atoms with E-state index in [1.54, 1.807) is 24.3 Å². The molecule has 26 heavy (non-hydrogen) atoms. The number of carbonyl (C=O) groups is 2. The molecule has 2 aliphatic rings. The second-order valence-electron chi connectivity index (χ2n) is 7.03. The van der Waals surface area contributed by atoms with Gasteiger partial charge in [-0.25, -0.2) is 0 Å². The molecule has 1 unspecified atom stereocenters. The zero-order chi connectivity index (χ0) is 18.1. The summed E-state index contributed by atoms with van der Waals surface area (Å²) in [5, 5.41) is 0. The maximum Gasteiger partial charge on any atom is 0.261 e. The van der Waals surface area contributed by atoms with Crippen LogP contribution in [-0.4, -0.2) is 66.3 Å². The highest BCUT2D eigenvalue weighted by atomic mass is 16.2. The molecule has 0 radical (unpaired) electrons. The highest BCUT2D eigenvalue weighted by molar-refractivity contribution is 6.21. The molecule has 0 spiro atoms. The van der Waals surface area contributed by atoms with E-state index in [0.29, 0.717) is 24.2 Å². The lowest BCUT2D eigenvalue weighted by atomic mass is 10.0. The first-order valence-electron chi connectivity index (χ1n) is 9.08. The van der Waals surface area contributed by atoms with E-state index >= 15 is 0 Å². The third-order valence-corrected chi connectivity index (χ3v) is 5.37. The fourth-order valence-electron chi connectivity index (χ4n) is 3.89. The van der Waals surface area contributed by atoms with Crippen molar-refractivity contribution in [3.63, 3.8) is 0 Å². The van der Waals surface area contributed by atoms with E-state index in [4.69, 9.17) is 0 Å². The number of rotatable bonds is 4. The van der Waals surface area contributed by atoms with Crippen LogP contribution in [-0.2, 0) is 0 Å². The number of amides is 2. The summed E-state index contributed by atoms with van der Waals surface area (Å²) in [5.41, 5.74) is 2.33. The van der Waals surface area contributed by atoms with Crippen LogP contribution in [0.3, 0.4) is 0 Å². The molecule has 0 bridgehead atoms. The van der Waals surface area contributed by atoms with Gasteiger partial charge in [0.15, 0.2) is 0 Å². The molecule has 134 valence electrons. The van der Waals surface area contributed by atoms with Crippen molar-refractivity contribution >= 4 is 11.8 Å². The Balaban J connectivity index is 1.48. The van der Waals surface area contributed by atoms with Crippen molar-refractivity contribution in [1.29, 1.82) is 0 Å². The molecule has 2 aromatic carbocycles. The van der Waals surface area contributed by atoms with Gasteiger partial charge in [0, 0.05) is 38.8 Å². The Morgan fingerprint density at radius 1 is 0.846 bits per heavy atom. The smallest absolute Gasteiger partial charge is 0.261 e. The summed E-state index contributed by atoms with van der Waals surface area (Å²) in [6.07, 6.45) is 0. The molecular weight excluding hydrogens is 326 g/mol. The minimum Gasteiger partial charge on any atom is -0.303 e. The molecule has 2 amide bonds. The van der Waals surface area contributed by atoms with Gasteiger partial charge in [0.25, 0.3) is 11.8 Å². The van der Waals surface area contributed by atoms with Crippen molar-refractivity contribution in [2.45, 2.75) is 6.04 Å². The molecular formula is C21H23N3O2. The summed E-state index contributed by atoms with van der Waals surface area (Å²) in [5.74, 6) is -0.341. The fourth-order valence-corrected chi connectivity index (χ4v) is 3.89. The molecule has 1 saturated heterocycles. The molecule has 2 aliphatic heterocycles. The van der Waals surface area contributed by atoms with Crippen molar-refractivity contribution in [2.24, 2.45) is 0 Å². The SMILES string of the molecule is CN1CCN(CCN2C(=O)c3ccccc3C2=O)C(c2ccccc2)C1. The fraction of sp³-hybridized carbons (Fsp3) is 0.333. The minimum atomic E-state index is -0.170. The van der Waals surface area contributed by atoms with Crippen LogP contribution < -0.4 is 0 Å². The number of hydrogen-bond acceptors (Lipinski definition) is 4. The number of piperazine rings is 1. The number of nitrogens with zero attached hydrogens (tertiary/aromatic N) is 3. The average molecular weight is 349 g/mol. The van der Waals surface area contributed by atoms with E-state index in [9.17, 15) is 9.59 Å². The van der Waals surface area contributed by atoms with Crippen molar-refractivity contribution in [3.05, 3.63) is 71.3 Å². The molecule has 1 fully saturated rings. The number of carbonyl (C=O) groups excluding carboxylic acids is 2. The number of benzene rings is 2. The Labute approximate surface area is 153 Å². The maximum absolute atomic E-state index is 12.6. The molecule has 2 aromatic rings. The van der Waals surface area contributed by atoms with E-state index in [-0.39, 0.29) is 17.9 Å². The van der Waals surface area contributed by atoms with Gasteiger partial charge in [0.2, 0.25) is 0 Å². The second-order valence-corrected chi connectivity index (χ2v) is 7.03. The van der Waals surface area contributed by atoms with Crippen LogP contribution in [0.1, 0.15) is 32.3 Å². The zero-order valence-electron chi connectivity index (χ0n) is 15.0. The van der Waals surface area contributed by atoms with Gasteiger partial charge >= 0.3 is 0 Å². The average Bonchev–Trinajstić information content (AvgIpc) is 2.92. The summed E-state index contributed by atoms with van der Waals surface area (Å²) in [6, 6.07) is 17.8. The molecule has 1 atom stereocenters. The monoisotopic (exact) mass is 349 g/mol. The Hall–Kier alpha value is -2.50. The lowest BCUT2D eigenvalue weighted by molar-refractivity contribution is 0.0555. The number of hydrogen-bond donors (Lipinski definition) is 0. The summed E-state index contributed by atoms with van der Waals surface area (Å²) >= 11 is 0. The molecule has 2 heterocycles. The van der Waals surface area contributed by atoms with Crippen molar-refractivity contribution in [3.8, 4) is 0 Å². The first-order valence-corrected chi connectivity index (χ1v) is 9.08. The van der Waals surface area contributed by atoms with Crippen molar-refractivity contribution in [1.82, 2.24) is 14.7 Å². The van der Waals surface area contributed by atoms with Crippen LogP contribution in [0.25, 0.3) is 0 Å². The van der Waals surface area contributed by atoms with Crippen LogP contribution in [0.2, 0.25) is 0 Å². The number of imide groups is 1. The first kappa shape index (κ1) is 16.9. The topological polar surface area (TPSA) is 43.9 Å². The van der Waals surface area contributed by atoms with Crippen LogP contribution in [0.4, 0.5) is 0 Å². The quantitative estimate of drug-likeness (QED) is 0.795. The highest BCUT2D eigenvalue weighted by Gasteiger charge is 2.36. The van der Waals surface area contributed by atoms with E-state index < -0.39 is 0 Å². The summed E-state index contributed by atoms with van der Waals surface area (Å²) in [7, 11) is 2.14. The zero-order valence-corrected chi connectivity index (χ0v) is 15.0. The summed E-state index contributed by atoms with van der Waals surface area (Å²) in [4.78, 5) is 31.2. The molecule has 5 heteroatoms. The van der Waals surface area contributed by atoms with E-state index in [0.717, 1.165) is 19.6 Å². The molecule has 0 aromatic heterocycles. The third kappa shape index (κ3) is 3.04. The lowest BCUT2D eigenvalue weighted by Gasteiger charge is -2.40. The van der Waals surface area contributed by atoms with Gasteiger partial charge in [-0.3, -0.25) is 19.4 Å².